The van der Waals surface area contributed by atoms with Crippen molar-refractivity contribution >= 4 is 0 Å². The molecule has 0 fully saturated rings. The second-order valence-electron chi connectivity index (χ2n) is 3.88. The summed E-state index contributed by atoms with van der Waals surface area (Å²) in [5.41, 5.74) is 0.576. The summed E-state index contributed by atoms with van der Waals surface area (Å²) in [4.78, 5) is 0. The third-order valence-corrected chi connectivity index (χ3v) is 2.54. The van der Waals surface area contributed by atoms with Crippen LogP contribution in [0.1, 0.15) is 18.9 Å². The number of nitrogens with one attached hydrogen (secondary N) is 1. The highest BCUT2D eigenvalue weighted by Crippen LogP contribution is 2.27. The first-order valence-corrected chi connectivity index (χ1v) is 5.43. The fourth-order valence-corrected chi connectivity index (χ4v) is 1.45. The molecule has 0 radical (unpaired) electrons. The first-order valence-electron chi connectivity index (χ1n) is 5.43. The zero-order valence-corrected chi connectivity index (χ0v) is 9.84. The molecular weight excluding hydrogens is 231 g/mol. The van der Waals surface area contributed by atoms with Crippen molar-refractivity contribution in [3.05, 3.63) is 29.8 Å². The van der Waals surface area contributed by atoms with E-state index < -0.39 is 6.36 Å². The van der Waals surface area contributed by atoms with Crippen molar-refractivity contribution in [1.29, 1.82) is 0 Å². The highest BCUT2D eigenvalue weighted by Gasteiger charge is 2.31. The normalized spacial score (nSPS) is 13.5. The fourth-order valence-electron chi connectivity index (χ4n) is 1.45. The Balaban J connectivity index is 2.71. The van der Waals surface area contributed by atoms with E-state index in [1.165, 1.54) is 12.1 Å². The number of ether oxygens (including phenoxy) is 1. The molecule has 1 atom stereocenters. The van der Waals surface area contributed by atoms with Gasteiger partial charge in [0.1, 0.15) is 5.75 Å². The van der Waals surface area contributed by atoms with E-state index in [2.05, 4.69) is 10.1 Å². The summed E-state index contributed by atoms with van der Waals surface area (Å²) in [5.74, 6) is -0.108. The smallest absolute Gasteiger partial charge is 0.406 e. The number of benzene rings is 1. The van der Waals surface area contributed by atoms with Crippen LogP contribution in [0.5, 0.6) is 5.75 Å². The Morgan fingerprint density at radius 1 is 1.29 bits per heavy atom. The van der Waals surface area contributed by atoms with Gasteiger partial charge in [-0.1, -0.05) is 18.2 Å². The highest BCUT2D eigenvalue weighted by molar-refractivity contribution is 5.33. The van der Waals surface area contributed by atoms with Crippen LogP contribution in [-0.2, 0) is 6.42 Å². The van der Waals surface area contributed by atoms with E-state index in [1.54, 1.807) is 12.1 Å². The number of alkyl halides is 3. The van der Waals surface area contributed by atoms with E-state index in [0.717, 1.165) is 6.42 Å². The van der Waals surface area contributed by atoms with Crippen molar-refractivity contribution in [3.63, 3.8) is 0 Å². The maximum absolute atomic E-state index is 12.2. The molecule has 0 spiro atoms. The SMILES string of the molecule is CNC(C)CCc1ccccc1OC(F)(F)F. The molecule has 1 unspecified atom stereocenters. The van der Waals surface area contributed by atoms with Crippen molar-refractivity contribution in [2.24, 2.45) is 0 Å². The molecule has 1 rings (SSSR count). The lowest BCUT2D eigenvalue weighted by Crippen LogP contribution is -2.22. The van der Waals surface area contributed by atoms with Gasteiger partial charge in [-0.2, -0.15) is 0 Å². The van der Waals surface area contributed by atoms with Gasteiger partial charge in [-0.3, -0.25) is 0 Å². The van der Waals surface area contributed by atoms with Crippen molar-refractivity contribution in [3.8, 4) is 5.75 Å². The Hall–Kier alpha value is -1.23. The van der Waals surface area contributed by atoms with E-state index in [9.17, 15) is 13.2 Å². The number of rotatable bonds is 5. The van der Waals surface area contributed by atoms with E-state index >= 15 is 0 Å². The molecule has 96 valence electrons. The summed E-state index contributed by atoms with van der Waals surface area (Å²) in [7, 11) is 1.82. The zero-order valence-electron chi connectivity index (χ0n) is 9.84. The molecule has 0 heterocycles. The molecule has 0 saturated carbocycles. The van der Waals surface area contributed by atoms with Gasteiger partial charge in [0.2, 0.25) is 0 Å². The van der Waals surface area contributed by atoms with Crippen LogP contribution >= 0.6 is 0 Å². The third kappa shape index (κ3) is 5.08. The summed E-state index contributed by atoms with van der Waals surface area (Å²) < 4.78 is 40.4. The van der Waals surface area contributed by atoms with Crippen molar-refractivity contribution in [1.82, 2.24) is 5.32 Å². The Morgan fingerprint density at radius 2 is 1.94 bits per heavy atom. The molecule has 1 aromatic rings. The summed E-state index contributed by atoms with van der Waals surface area (Å²) in [6.07, 6.45) is -3.33. The number of hydrogen-bond acceptors (Lipinski definition) is 2. The predicted octanol–water partition coefficient (Wildman–Crippen LogP) is 3.13. The molecular formula is C12H16F3NO. The molecule has 0 amide bonds. The quantitative estimate of drug-likeness (QED) is 0.863. The van der Waals surface area contributed by atoms with Crippen LogP contribution in [-0.4, -0.2) is 19.5 Å². The second kappa shape index (κ2) is 5.91. The number of aryl methyl sites for hydroxylation is 1. The number of hydrogen-bond donors (Lipinski definition) is 1. The van der Waals surface area contributed by atoms with Gasteiger partial charge in [0.15, 0.2) is 0 Å². The van der Waals surface area contributed by atoms with Crippen molar-refractivity contribution < 1.29 is 17.9 Å². The molecule has 0 aliphatic heterocycles. The van der Waals surface area contributed by atoms with Crippen molar-refractivity contribution in [2.75, 3.05) is 7.05 Å². The zero-order chi connectivity index (χ0) is 12.9. The van der Waals surface area contributed by atoms with Crippen LogP contribution in [0.15, 0.2) is 24.3 Å². The predicted molar refractivity (Wildman–Crippen MR) is 60.0 cm³/mol. The van der Waals surface area contributed by atoms with E-state index in [1.807, 2.05) is 14.0 Å². The number of para-hydroxylation sites is 1. The second-order valence-corrected chi connectivity index (χ2v) is 3.88. The highest BCUT2D eigenvalue weighted by atomic mass is 19.4. The Morgan fingerprint density at radius 3 is 2.53 bits per heavy atom. The molecule has 1 aromatic carbocycles. The van der Waals surface area contributed by atoms with Gasteiger partial charge >= 0.3 is 6.36 Å². The Labute approximate surface area is 98.8 Å². The van der Waals surface area contributed by atoms with E-state index in [0.29, 0.717) is 12.0 Å². The minimum atomic E-state index is -4.63. The van der Waals surface area contributed by atoms with Crippen LogP contribution in [0.25, 0.3) is 0 Å². The Kier molecular flexibility index (Phi) is 4.81. The summed E-state index contributed by atoms with van der Waals surface area (Å²) in [6.45, 7) is 1.98. The maximum Gasteiger partial charge on any atom is 0.573 e. The van der Waals surface area contributed by atoms with Gasteiger partial charge in [0.25, 0.3) is 0 Å². The summed E-state index contributed by atoms with van der Waals surface area (Å²) in [6, 6.07) is 6.50. The lowest BCUT2D eigenvalue weighted by atomic mass is 10.1. The lowest BCUT2D eigenvalue weighted by Gasteiger charge is -2.14. The van der Waals surface area contributed by atoms with Gasteiger partial charge in [0.05, 0.1) is 0 Å². The van der Waals surface area contributed by atoms with Gasteiger partial charge in [0, 0.05) is 6.04 Å². The van der Waals surface area contributed by atoms with Crippen LogP contribution in [0.3, 0.4) is 0 Å². The van der Waals surface area contributed by atoms with Gasteiger partial charge in [-0.15, -0.1) is 13.2 Å². The first-order chi connectivity index (χ1) is 7.92. The van der Waals surface area contributed by atoms with Gasteiger partial charge in [-0.05, 0) is 38.4 Å². The molecule has 0 bridgehead atoms. The fraction of sp³-hybridized carbons (Fsp3) is 0.500. The van der Waals surface area contributed by atoms with E-state index in [-0.39, 0.29) is 11.8 Å². The topological polar surface area (TPSA) is 21.3 Å². The third-order valence-electron chi connectivity index (χ3n) is 2.54. The molecule has 0 saturated heterocycles. The van der Waals surface area contributed by atoms with Crippen LogP contribution in [0, 0.1) is 0 Å². The number of halogens is 3. The summed E-state index contributed by atoms with van der Waals surface area (Å²) >= 11 is 0. The van der Waals surface area contributed by atoms with Gasteiger partial charge < -0.3 is 10.1 Å². The molecule has 0 aliphatic carbocycles. The van der Waals surface area contributed by atoms with Crippen LogP contribution < -0.4 is 10.1 Å². The lowest BCUT2D eigenvalue weighted by molar-refractivity contribution is -0.274. The maximum atomic E-state index is 12.2. The van der Waals surface area contributed by atoms with Crippen LogP contribution in [0.4, 0.5) is 13.2 Å². The molecule has 5 heteroatoms. The molecule has 0 aromatic heterocycles. The first kappa shape index (κ1) is 13.8. The van der Waals surface area contributed by atoms with Gasteiger partial charge in [-0.25, -0.2) is 0 Å². The summed E-state index contributed by atoms with van der Waals surface area (Å²) in [5, 5.41) is 3.04. The Bertz CT molecular complexity index is 352. The molecule has 0 aliphatic rings. The minimum absolute atomic E-state index is 0.108. The van der Waals surface area contributed by atoms with E-state index in [4.69, 9.17) is 0 Å². The minimum Gasteiger partial charge on any atom is -0.406 e. The molecule has 17 heavy (non-hydrogen) atoms. The standard InChI is InChI=1S/C12H16F3NO/c1-9(16-2)7-8-10-5-3-4-6-11(10)17-12(13,14)15/h3-6,9,16H,7-8H2,1-2H3. The largest absolute Gasteiger partial charge is 0.573 e. The van der Waals surface area contributed by atoms with Crippen LogP contribution in [0.2, 0.25) is 0 Å². The molecule has 1 N–H and O–H groups in total. The monoisotopic (exact) mass is 247 g/mol. The molecule has 2 nitrogen and oxygen atoms in total. The average molecular weight is 247 g/mol. The van der Waals surface area contributed by atoms with Crippen molar-refractivity contribution in [2.45, 2.75) is 32.2 Å². The average Bonchev–Trinajstić information content (AvgIpc) is 2.25.